The van der Waals surface area contributed by atoms with Gasteiger partial charge in [0.2, 0.25) is 5.91 Å². The van der Waals surface area contributed by atoms with E-state index in [2.05, 4.69) is 15.0 Å². The van der Waals surface area contributed by atoms with Crippen molar-refractivity contribution < 1.29 is 18.7 Å². The number of aromatic nitrogens is 3. The van der Waals surface area contributed by atoms with Gasteiger partial charge in [-0.2, -0.15) is 0 Å². The standard InChI is InChI=1S/C27H21FN4O3/c1-16(33)18-8-10-19(11-9-18)35-25-15-24-23(30-27(31-24)22-7-3-4-12-29-22)14-20(25)26-21(28)6-5-13-32(26)17(2)34/h3-15,26H,1-2H3,(H,30,31). The fourth-order valence-corrected chi connectivity index (χ4v) is 3.99. The van der Waals surface area contributed by atoms with Crippen LogP contribution >= 0.6 is 0 Å². The minimum atomic E-state index is -1.00. The lowest BCUT2D eigenvalue weighted by Crippen LogP contribution is -2.30. The van der Waals surface area contributed by atoms with Crippen molar-refractivity contribution in [1.82, 2.24) is 19.9 Å². The van der Waals surface area contributed by atoms with E-state index in [1.165, 1.54) is 37.1 Å². The zero-order valence-electron chi connectivity index (χ0n) is 19.0. The number of amides is 1. The van der Waals surface area contributed by atoms with Crippen molar-refractivity contribution in [3.63, 3.8) is 0 Å². The zero-order chi connectivity index (χ0) is 24.5. The summed E-state index contributed by atoms with van der Waals surface area (Å²) in [5.41, 5.74) is 2.89. The van der Waals surface area contributed by atoms with Gasteiger partial charge in [-0.05, 0) is 61.5 Å². The van der Waals surface area contributed by atoms with Crippen LogP contribution in [0.25, 0.3) is 22.6 Å². The summed E-state index contributed by atoms with van der Waals surface area (Å²) >= 11 is 0. The molecule has 174 valence electrons. The topological polar surface area (TPSA) is 88.2 Å². The number of fused-ring (bicyclic) bond motifs is 1. The maximum atomic E-state index is 15.2. The monoisotopic (exact) mass is 468 g/mol. The fraction of sp³-hybridized carbons (Fsp3) is 0.111. The highest BCUT2D eigenvalue weighted by Gasteiger charge is 2.31. The average Bonchev–Trinajstić information content (AvgIpc) is 3.27. The third-order valence-corrected chi connectivity index (χ3v) is 5.71. The van der Waals surface area contributed by atoms with E-state index >= 15 is 4.39 Å². The number of pyridine rings is 1. The molecular weight excluding hydrogens is 447 g/mol. The second-order valence-electron chi connectivity index (χ2n) is 8.11. The van der Waals surface area contributed by atoms with Gasteiger partial charge in [-0.15, -0.1) is 0 Å². The lowest BCUT2D eigenvalue weighted by atomic mass is 10.00. The van der Waals surface area contributed by atoms with Crippen molar-refractivity contribution in [3.8, 4) is 23.0 Å². The first-order chi connectivity index (χ1) is 16.9. The number of aromatic amines is 1. The zero-order valence-corrected chi connectivity index (χ0v) is 19.0. The van der Waals surface area contributed by atoms with Gasteiger partial charge < -0.3 is 14.6 Å². The molecule has 35 heavy (non-hydrogen) atoms. The van der Waals surface area contributed by atoms with Gasteiger partial charge >= 0.3 is 0 Å². The van der Waals surface area contributed by atoms with E-state index in [9.17, 15) is 9.59 Å². The Labute approximate surface area is 200 Å². The molecule has 1 unspecified atom stereocenters. The first kappa shape index (κ1) is 22.2. The quantitative estimate of drug-likeness (QED) is 0.369. The number of halogens is 1. The van der Waals surface area contributed by atoms with E-state index in [1.54, 1.807) is 42.6 Å². The summed E-state index contributed by atoms with van der Waals surface area (Å²) in [4.78, 5) is 37.5. The van der Waals surface area contributed by atoms with Gasteiger partial charge in [0.05, 0.1) is 11.0 Å². The average molecular weight is 468 g/mol. The number of ether oxygens (including phenoxy) is 1. The predicted octanol–water partition coefficient (Wildman–Crippen LogP) is 5.89. The molecule has 0 spiro atoms. The number of imidazole rings is 1. The molecule has 8 heteroatoms. The summed E-state index contributed by atoms with van der Waals surface area (Å²) in [7, 11) is 0. The van der Waals surface area contributed by atoms with Crippen LogP contribution in [0.3, 0.4) is 0 Å². The number of H-pyrrole nitrogens is 1. The van der Waals surface area contributed by atoms with E-state index < -0.39 is 11.9 Å². The molecule has 4 aromatic rings. The normalized spacial score (nSPS) is 15.2. The molecule has 0 aliphatic carbocycles. The number of rotatable bonds is 5. The number of carbonyl (C=O) groups is 2. The fourth-order valence-electron chi connectivity index (χ4n) is 3.99. The van der Waals surface area contributed by atoms with Crippen LogP contribution in [0.15, 0.2) is 85.0 Å². The summed E-state index contributed by atoms with van der Waals surface area (Å²) in [5.74, 6) is 0.477. The molecular formula is C27H21FN4O3. The summed E-state index contributed by atoms with van der Waals surface area (Å²) in [6.07, 6.45) is 6.03. The second-order valence-corrected chi connectivity index (χ2v) is 8.11. The summed E-state index contributed by atoms with van der Waals surface area (Å²) < 4.78 is 21.3. The molecule has 2 aromatic carbocycles. The number of allylic oxidation sites excluding steroid dienone is 2. The molecule has 1 aliphatic heterocycles. The number of ketones is 1. The van der Waals surface area contributed by atoms with Gasteiger partial charge in [-0.25, -0.2) is 9.37 Å². The van der Waals surface area contributed by atoms with E-state index in [-0.39, 0.29) is 11.7 Å². The predicted molar refractivity (Wildman–Crippen MR) is 129 cm³/mol. The highest BCUT2D eigenvalue weighted by atomic mass is 19.1. The first-order valence-electron chi connectivity index (χ1n) is 11.0. The number of nitrogens with one attached hydrogen (secondary N) is 1. The Morgan fingerprint density at radius 1 is 1.09 bits per heavy atom. The number of hydrogen-bond acceptors (Lipinski definition) is 5. The molecule has 3 heterocycles. The van der Waals surface area contributed by atoms with Crippen molar-refractivity contribution in [1.29, 1.82) is 0 Å². The van der Waals surface area contributed by atoms with Crippen LogP contribution < -0.4 is 4.74 Å². The van der Waals surface area contributed by atoms with Crippen LogP contribution in [0.1, 0.15) is 35.8 Å². The van der Waals surface area contributed by atoms with Crippen molar-refractivity contribution >= 4 is 22.7 Å². The van der Waals surface area contributed by atoms with Gasteiger partial charge in [0.25, 0.3) is 0 Å². The largest absolute Gasteiger partial charge is 0.457 e. The van der Waals surface area contributed by atoms with Crippen LogP contribution in [-0.2, 0) is 4.79 Å². The van der Waals surface area contributed by atoms with E-state index in [0.29, 0.717) is 45.2 Å². The number of Topliss-reactive ketones (excluding diaryl/α,β-unsaturated/α-hetero) is 1. The first-order valence-corrected chi connectivity index (χ1v) is 11.0. The Kier molecular flexibility index (Phi) is 5.70. The molecule has 5 rings (SSSR count). The number of benzene rings is 2. The minimum absolute atomic E-state index is 0.0597. The molecule has 7 nitrogen and oxygen atoms in total. The van der Waals surface area contributed by atoms with Crippen molar-refractivity contribution in [3.05, 3.63) is 96.1 Å². The smallest absolute Gasteiger partial charge is 0.224 e. The van der Waals surface area contributed by atoms with Crippen molar-refractivity contribution in [2.45, 2.75) is 19.9 Å². The van der Waals surface area contributed by atoms with Gasteiger partial charge in [-0.3, -0.25) is 14.6 Å². The molecule has 0 fully saturated rings. The number of hydrogen-bond donors (Lipinski definition) is 1. The van der Waals surface area contributed by atoms with Crippen LogP contribution in [0.5, 0.6) is 11.5 Å². The Morgan fingerprint density at radius 3 is 2.57 bits per heavy atom. The van der Waals surface area contributed by atoms with Gasteiger partial charge in [0, 0.05) is 36.5 Å². The molecule has 0 radical (unpaired) electrons. The Hall–Kier alpha value is -4.59. The van der Waals surface area contributed by atoms with E-state index in [1.807, 2.05) is 18.2 Å². The molecule has 1 atom stereocenters. The van der Waals surface area contributed by atoms with Gasteiger partial charge in [0.15, 0.2) is 11.6 Å². The molecule has 0 saturated heterocycles. The van der Waals surface area contributed by atoms with Gasteiger partial charge in [0.1, 0.15) is 29.1 Å². The van der Waals surface area contributed by atoms with E-state index in [4.69, 9.17) is 4.74 Å². The summed E-state index contributed by atoms with van der Waals surface area (Å²) in [6.45, 7) is 2.87. The third kappa shape index (κ3) is 4.33. The van der Waals surface area contributed by atoms with Crippen molar-refractivity contribution in [2.24, 2.45) is 0 Å². The lowest BCUT2D eigenvalue weighted by molar-refractivity contribution is -0.128. The maximum Gasteiger partial charge on any atom is 0.224 e. The van der Waals surface area contributed by atoms with Gasteiger partial charge in [-0.1, -0.05) is 6.07 Å². The third-order valence-electron chi connectivity index (χ3n) is 5.71. The van der Waals surface area contributed by atoms with Crippen LogP contribution in [0.4, 0.5) is 4.39 Å². The number of carbonyl (C=O) groups excluding carboxylic acids is 2. The molecule has 0 saturated carbocycles. The second kappa shape index (κ2) is 8.98. The molecule has 1 aliphatic rings. The molecule has 2 aromatic heterocycles. The minimum Gasteiger partial charge on any atom is -0.457 e. The Balaban J connectivity index is 1.65. The van der Waals surface area contributed by atoms with Crippen LogP contribution in [0, 0.1) is 0 Å². The highest BCUT2D eigenvalue weighted by Crippen LogP contribution is 2.41. The highest BCUT2D eigenvalue weighted by molar-refractivity contribution is 5.94. The maximum absolute atomic E-state index is 15.2. The summed E-state index contributed by atoms with van der Waals surface area (Å²) in [5, 5.41) is 0. The van der Waals surface area contributed by atoms with Crippen LogP contribution in [-0.4, -0.2) is 31.5 Å². The summed E-state index contributed by atoms with van der Waals surface area (Å²) in [6, 6.07) is 14.6. The molecule has 0 bridgehead atoms. The van der Waals surface area contributed by atoms with E-state index in [0.717, 1.165) is 0 Å². The SMILES string of the molecule is CC(=O)c1ccc(Oc2cc3nc(-c4ccccn4)[nH]c3cc2C2C(F)=CC=CN2C(C)=O)cc1. The molecule has 1 N–H and O–H groups in total. The lowest BCUT2D eigenvalue weighted by Gasteiger charge is -2.30. The number of nitrogens with zero attached hydrogens (tertiary/aromatic N) is 3. The van der Waals surface area contributed by atoms with Crippen LogP contribution in [0.2, 0.25) is 0 Å². The Bertz CT molecular complexity index is 1490. The molecule has 1 amide bonds. The van der Waals surface area contributed by atoms with Crippen molar-refractivity contribution in [2.75, 3.05) is 0 Å². The Morgan fingerprint density at radius 2 is 1.89 bits per heavy atom.